The number of nitrogens with zero attached hydrogens (tertiary/aromatic N) is 1. The van der Waals surface area contributed by atoms with Crippen LogP contribution in [0.2, 0.25) is 5.02 Å². The van der Waals surface area contributed by atoms with Crippen molar-refractivity contribution in [2.75, 3.05) is 5.32 Å². The van der Waals surface area contributed by atoms with Gasteiger partial charge in [-0.3, -0.25) is 9.78 Å². The molecular formula is C16H10BrClN2O. The van der Waals surface area contributed by atoms with Gasteiger partial charge in [0.1, 0.15) is 0 Å². The van der Waals surface area contributed by atoms with Crippen LogP contribution in [0.1, 0.15) is 10.4 Å². The number of amides is 1. The number of carbonyl (C=O) groups excluding carboxylic acids is 1. The number of fused-ring (bicyclic) bond motifs is 1. The standard InChI is InChI=1S/C16H10BrClN2O/c17-13-5-4-11(8-14(13)18)16(21)20-15-3-1-2-10-6-7-19-9-12(10)15/h1-9H,(H,20,21). The number of rotatable bonds is 2. The molecule has 0 radical (unpaired) electrons. The van der Waals surface area contributed by atoms with Gasteiger partial charge < -0.3 is 5.32 Å². The fourth-order valence-electron chi connectivity index (χ4n) is 2.05. The van der Waals surface area contributed by atoms with E-state index in [9.17, 15) is 4.79 Å². The van der Waals surface area contributed by atoms with Crippen LogP contribution in [-0.4, -0.2) is 10.9 Å². The molecule has 5 heteroatoms. The number of hydrogen-bond acceptors (Lipinski definition) is 2. The Morgan fingerprint density at radius 2 is 2.05 bits per heavy atom. The minimum Gasteiger partial charge on any atom is -0.321 e. The number of carbonyl (C=O) groups is 1. The van der Waals surface area contributed by atoms with E-state index in [2.05, 4.69) is 26.2 Å². The molecule has 0 aliphatic heterocycles. The van der Waals surface area contributed by atoms with Gasteiger partial charge in [0.05, 0.1) is 10.7 Å². The molecule has 0 spiro atoms. The summed E-state index contributed by atoms with van der Waals surface area (Å²) in [5.74, 6) is -0.208. The monoisotopic (exact) mass is 360 g/mol. The molecule has 0 saturated carbocycles. The van der Waals surface area contributed by atoms with E-state index >= 15 is 0 Å². The first-order valence-corrected chi connectivity index (χ1v) is 7.41. The number of anilines is 1. The summed E-state index contributed by atoms with van der Waals surface area (Å²) < 4.78 is 0.759. The molecular weight excluding hydrogens is 352 g/mol. The van der Waals surface area contributed by atoms with E-state index in [1.54, 1.807) is 30.6 Å². The summed E-state index contributed by atoms with van der Waals surface area (Å²) in [5.41, 5.74) is 1.23. The van der Waals surface area contributed by atoms with Crippen LogP contribution in [0.5, 0.6) is 0 Å². The van der Waals surface area contributed by atoms with Crippen LogP contribution in [0.15, 0.2) is 59.3 Å². The summed E-state index contributed by atoms with van der Waals surface area (Å²) in [7, 11) is 0. The van der Waals surface area contributed by atoms with Crippen molar-refractivity contribution in [3.05, 3.63) is 69.9 Å². The van der Waals surface area contributed by atoms with Gasteiger partial charge in [0.2, 0.25) is 0 Å². The van der Waals surface area contributed by atoms with Crippen molar-refractivity contribution < 1.29 is 4.79 Å². The molecule has 0 bridgehead atoms. The van der Waals surface area contributed by atoms with Crippen molar-refractivity contribution in [2.45, 2.75) is 0 Å². The van der Waals surface area contributed by atoms with E-state index in [1.165, 1.54) is 0 Å². The van der Waals surface area contributed by atoms with Crippen LogP contribution in [0.25, 0.3) is 10.8 Å². The molecule has 1 amide bonds. The maximum atomic E-state index is 12.3. The van der Waals surface area contributed by atoms with E-state index in [4.69, 9.17) is 11.6 Å². The van der Waals surface area contributed by atoms with Crippen LogP contribution >= 0.6 is 27.5 Å². The highest BCUT2D eigenvalue weighted by Gasteiger charge is 2.10. The van der Waals surface area contributed by atoms with Crippen molar-refractivity contribution in [1.82, 2.24) is 4.98 Å². The highest BCUT2D eigenvalue weighted by atomic mass is 79.9. The minimum atomic E-state index is -0.208. The second kappa shape index (κ2) is 5.84. The number of benzene rings is 2. The minimum absolute atomic E-state index is 0.208. The van der Waals surface area contributed by atoms with E-state index in [0.29, 0.717) is 10.6 Å². The van der Waals surface area contributed by atoms with Crippen molar-refractivity contribution >= 4 is 49.9 Å². The van der Waals surface area contributed by atoms with E-state index < -0.39 is 0 Å². The van der Waals surface area contributed by atoms with Gasteiger partial charge in [0.15, 0.2) is 0 Å². The number of aromatic nitrogens is 1. The zero-order chi connectivity index (χ0) is 14.8. The van der Waals surface area contributed by atoms with Gasteiger partial charge >= 0.3 is 0 Å². The Kier molecular flexibility index (Phi) is 3.90. The summed E-state index contributed by atoms with van der Waals surface area (Å²) in [6.07, 6.45) is 3.46. The third kappa shape index (κ3) is 2.91. The summed E-state index contributed by atoms with van der Waals surface area (Å²) in [4.78, 5) is 16.4. The number of pyridine rings is 1. The average molecular weight is 362 g/mol. The predicted molar refractivity (Wildman–Crippen MR) is 88.8 cm³/mol. The van der Waals surface area contributed by atoms with E-state index in [1.807, 2.05) is 24.3 Å². The normalized spacial score (nSPS) is 10.6. The van der Waals surface area contributed by atoms with Crippen LogP contribution in [0.3, 0.4) is 0 Å². The Hall–Kier alpha value is -1.91. The molecule has 0 aliphatic carbocycles. The second-order valence-corrected chi connectivity index (χ2v) is 5.75. The Labute approximate surface area is 135 Å². The molecule has 0 unspecified atom stereocenters. The van der Waals surface area contributed by atoms with Crippen molar-refractivity contribution in [3.8, 4) is 0 Å². The van der Waals surface area contributed by atoms with Gasteiger partial charge in [-0.05, 0) is 51.6 Å². The lowest BCUT2D eigenvalue weighted by Crippen LogP contribution is -2.12. The maximum absolute atomic E-state index is 12.3. The quantitative estimate of drug-likeness (QED) is 0.705. The summed E-state index contributed by atoms with van der Waals surface area (Å²) in [6, 6.07) is 12.7. The summed E-state index contributed by atoms with van der Waals surface area (Å²) in [6.45, 7) is 0. The number of hydrogen-bond donors (Lipinski definition) is 1. The Morgan fingerprint density at radius 3 is 2.86 bits per heavy atom. The van der Waals surface area contributed by atoms with Gasteiger partial charge in [0, 0.05) is 27.8 Å². The van der Waals surface area contributed by atoms with Crippen molar-refractivity contribution in [3.63, 3.8) is 0 Å². The molecule has 3 aromatic rings. The lowest BCUT2D eigenvalue weighted by Gasteiger charge is -2.09. The SMILES string of the molecule is O=C(Nc1cccc2ccncc12)c1ccc(Br)c(Cl)c1. The lowest BCUT2D eigenvalue weighted by atomic mass is 10.1. The number of nitrogens with one attached hydrogen (secondary N) is 1. The molecule has 21 heavy (non-hydrogen) atoms. The highest BCUT2D eigenvalue weighted by molar-refractivity contribution is 9.10. The molecule has 0 fully saturated rings. The van der Waals surface area contributed by atoms with Gasteiger partial charge in [-0.2, -0.15) is 0 Å². The fourth-order valence-corrected chi connectivity index (χ4v) is 2.48. The topological polar surface area (TPSA) is 42.0 Å². The molecule has 0 saturated heterocycles. The van der Waals surface area contributed by atoms with Crippen LogP contribution in [0.4, 0.5) is 5.69 Å². The molecule has 1 aromatic heterocycles. The van der Waals surface area contributed by atoms with E-state index in [0.717, 1.165) is 20.9 Å². The number of halogens is 2. The van der Waals surface area contributed by atoms with Crippen molar-refractivity contribution in [2.24, 2.45) is 0 Å². The van der Waals surface area contributed by atoms with Crippen LogP contribution < -0.4 is 5.32 Å². The van der Waals surface area contributed by atoms with E-state index in [-0.39, 0.29) is 5.91 Å². The van der Waals surface area contributed by atoms with Crippen molar-refractivity contribution in [1.29, 1.82) is 0 Å². The molecule has 1 N–H and O–H groups in total. The zero-order valence-corrected chi connectivity index (χ0v) is 13.1. The second-order valence-electron chi connectivity index (χ2n) is 4.49. The Bertz CT molecular complexity index is 830. The zero-order valence-electron chi connectivity index (χ0n) is 10.8. The smallest absolute Gasteiger partial charge is 0.255 e. The molecule has 0 aliphatic rings. The van der Waals surface area contributed by atoms with Crippen LogP contribution in [-0.2, 0) is 0 Å². The third-order valence-corrected chi connectivity index (χ3v) is 4.35. The van der Waals surface area contributed by atoms with Gasteiger partial charge in [-0.15, -0.1) is 0 Å². The molecule has 1 heterocycles. The van der Waals surface area contributed by atoms with Gasteiger partial charge in [-0.25, -0.2) is 0 Å². The molecule has 2 aromatic carbocycles. The average Bonchev–Trinajstić information content (AvgIpc) is 2.50. The maximum Gasteiger partial charge on any atom is 0.255 e. The first-order chi connectivity index (χ1) is 10.1. The molecule has 104 valence electrons. The first-order valence-electron chi connectivity index (χ1n) is 6.24. The predicted octanol–water partition coefficient (Wildman–Crippen LogP) is 4.90. The molecule has 3 nitrogen and oxygen atoms in total. The first kappa shape index (κ1) is 14.0. The molecule has 0 atom stereocenters. The van der Waals surface area contributed by atoms with Crippen LogP contribution in [0, 0.1) is 0 Å². The third-order valence-electron chi connectivity index (χ3n) is 3.11. The fraction of sp³-hybridized carbons (Fsp3) is 0. The summed E-state index contributed by atoms with van der Waals surface area (Å²) in [5, 5.41) is 5.32. The Balaban J connectivity index is 1.94. The summed E-state index contributed by atoms with van der Waals surface area (Å²) >= 11 is 9.33. The van der Waals surface area contributed by atoms with Gasteiger partial charge in [-0.1, -0.05) is 23.7 Å². The Morgan fingerprint density at radius 1 is 1.19 bits per heavy atom. The van der Waals surface area contributed by atoms with Gasteiger partial charge in [0.25, 0.3) is 5.91 Å². The largest absolute Gasteiger partial charge is 0.321 e. The highest BCUT2D eigenvalue weighted by Crippen LogP contribution is 2.25. The lowest BCUT2D eigenvalue weighted by molar-refractivity contribution is 0.102. The molecule has 3 rings (SSSR count).